The smallest absolute Gasteiger partial charge is 0.251 e. The summed E-state index contributed by atoms with van der Waals surface area (Å²) in [4.78, 5) is 27.5. The van der Waals surface area contributed by atoms with E-state index in [4.69, 9.17) is 11.6 Å². The number of carbonyl (C=O) groups excluding carboxylic acids is 1. The molecule has 1 N–H and O–H groups in total. The summed E-state index contributed by atoms with van der Waals surface area (Å²) in [5.41, 5.74) is 2.27. The first-order valence-electron chi connectivity index (χ1n) is 8.57. The maximum absolute atomic E-state index is 12.3. The van der Waals surface area contributed by atoms with E-state index in [1.165, 1.54) is 0 Å². The lowest BCUT2D eigenvalue weighted by molar-refractivity contribution is 0.0931. The van der Waals surface area contributed by atoms with Crippen molar-refractivity contribution in [3.05, 3.63) is 59.5 Å². The molecule has 1 saturated heterocycles. The molecule has 0 bridgehead atoms. The topological polar surface area (TPSA) is 71.0 Å². The summed E-state index contributed by atoms with van der Waals surface area (Å²) in [5, 5.41) is 3.76. The van der Waals surface area contributed by atoms with E-state index in [1.807, 2.05) is 18.2 Å². The van der Waals surface area contributed by atoms with Crippen LogP contribution in [-0.4, -0.2) is 40.0 Å². The van der Waals surface area contributed by atoms with Gasteiger partial charge in [0.1, 0.15) is 5.82 Å². The Morgan fingerprint density at radius 2 is 1.88 bits per heavy atom. The van der Waals surface area contributed by atoms with Gasteiger partial charge in [-0.1, -0.05) is 11.6 Å². The molecule has 0 spiro atoms. The van der Waals surface area contributed by atoms with Crippen LogP contribution in [-0.2, 0) is 0 Å². The molecular formula is C19H18ClN5O. The molecule has 1 aromatic carbocycles. The van der Waals surface area contributed by atoms with Gasteiger partial charge in [-0.3, -0.25) is 14.8 Å². The van der Waals surface area contributed by atoms with Gasteiger partial charge in [0.15, 0.2) is 0 Å². The van der Waals surface area contributed by atoms with Crippen molar-refractivity contribution in [2.45, 2.75) is 18.9 Å². The van der Waals surface area contributed by atoms with E-state index in [2.05, 4.69) is 25.2 Å². The van der Waals surface area contributed by atoms with Crippen LogP contribution in [0, 0.1) is 0 Å². The van der Waals surface area contributed by atoms with E-state index < -0.39 is 0 Å². The summed E-state index contributed by atoms with van der Waals surface area (Å²) in [7, 11) is 0. The Kier molecular flexibility index (Phi) is 4.67. The number of nitrogens with one attached hydrogen (secondary N) is 1. The number of hydrogen-bond acceptors (Lipinski definition) is 5. The molecule has 1 aliphatic rings. The van der Waals surface area contributed by atoms with Crippen LogP contribution in [0.1, 0.15) is 23.2 Å². The second kappa shape index (κ2) is 7.25. The first-order chi connectivity index (χ1) is 12.7. The highest BCUT2D eigenvalue weighted by molar-refractivity contribution is 6.31. The minimum atomic E-state index is -0.0479. The molecule has 3 aromatic rings. The fourth-order valence-corrected chi connectivity index (χ4v) is 3.32. The second-order valence-corrected chi connectivity index (χ2v) is 6.77. The molecular weight excluding hydrogens is 350 g/mol. The molecule has 0 atom stereocenters. The van der Waals surface area contributed by atoms with Gasteiger partial charge in [0.2, 0.25) is 0 Å². The molecule has 1 fully saturated rings. The summed E-state index contributed by atoms with van der Waals surface area (Å²) >= 11 is 5.99. The van der Waals surface area contributed by atoms with Gasteiger partial charge in [0, 0.05) is 42.1 Å². The Labute approximate surface area is 156 Å². The zero-order valence-corrected chi connectivity index (χ0v) is 14.9. The number of amides is 1. The molecule has 0 saturated carbocycles. The van der Waals surface area contributed by atoms with E-state index in [0.29, 0.717) is 10.6 Å². The second-order valence-electron chi connectivity index (χ2n) is 6.33. The minimum absolute atomic E-state index is 0.0479. The zero-order chi connectivity index (χ0) is 17.9. The van der Waals surface area contributed by atoms with Gasteiger partial charge in [-0.05, 0) is 43.2 Å². The highest BCUT2D eigenvalue weighted by Crippen LogP contribution is 2.22. The molecule has 0 aliphatic carbocycles. The van der Waals surface area contributed by atoms with E-state index in [0.717, 1.165) is 42.8 Å². The molecule has 1 aliphatic heterocycles. The summed E-state index contributed by atoms with van der Waals surface area (Å²) in [5.74, 6) is 0.812. The molecule has 4 rings (SSSR count). The molecule has 7 heteroatoms. The molecule has 132 valence electrons. The van der Waals surface area contributed by atoms with Crippen molar-refractivity contribution < 1.29 is 4.79 Å². The normalized spacial score (nSPS) is 15.2. The average molecular weight is 368 g/mol. The predicted octanol–water partition coefficient (Wildman–Crippen LogP) is 3.08. The van der Waals surface area contributed by atoms with Gasteiger partial charge >= 0.3 is 0 Å². The van der Waals surface area contributed by atoms with Gasteiger partial charge in [-0.15, -0.1) is 0 Å². The number of hydrogen-bond donors (Lipinski definition) is 1. The van der Waals surface area contributed by atoms with Gasteiger partial charge < -0.3 is 10.2 Å². The fourth-order valence-electron chi connectivity index (χ4n) is 3.15. The SMILES string of the molecule is O=C(NC1CCN(c2cnc3cc(Cl)ccc3n2)CC1)c1ccncc1. The number of carbonyl (C=O) groups is 1. The number of benzene rings is 1. The monoisotopic (exact) mass is 367 g/mol. The maximum Gasteiger partial charge on any atom is 0.251 e. The van der Waals surface area contributed by atoms with Crippen molar-refractivity contribution >= 4 is 34.4 Å². The standard InChI is InChI=1S/C19H18ClN5O/c20-14-1-2-16-17(11-14)22-12-18(24-16)25-9-5-15(6-10-25)23-19(26)13-3-7-21-8-4-13/h1-4,7-8,11-12,15H,5-6,9-10H2,(H,23,26). The van der Waals surface area contributed by atoms with Crippen LogP contribution in [0.5, 0.6) is 0 Å². The Bertz CT molecular complexity index is 926. The molecule has 3 heterocycles. The lowest BCUT2D eigenvalue weighted by atomic mass is 10.0. The van der Waals surface area contributed by atoms with E-state index in [9.17, 15) is 4.79 Å². The lowest BCUT2D eigenvalue weighted by Crippen LogP contribution is -2.45. The predicted molar refractivity (Wildman–Crippen MR) is 101 cm³/mol. The first kappa shape index (κ1) is 16.7. The number of fused-ring (bicyclic) bond motifs is 1. The molecule has 0 unspecified atom stereocenters. The number of rotatable bonds is 3. The average Bonchev–Trinajstić information content (AvgIpc) is 2.69. The van der Waals surface area contributed by atoms with Gasteiger partial charge in [-0.2, -0.15) is 0 Å². The van der Waals surface area contributed by atoms with Gasteiger partial charge in [0.25, 0.3) is 5.91 Å². The van der Waals surface area contributed by atoms with Gasteiger partial charge in [0.05, 0.1) is 17.2 Å². The third-order valence-electron chi connectivity index (χ3n) is 4.59. The molecule has 1 amide bonds. The molecule has 26 heavy (non-hydrogen) atoms. The Hall–Kier alpha value is -2.73. The number of pyridine rings is 1. The fraction of sp³-hybridized carbons (Fsp3) is 0.263. The van der Waals surface area contributed by atoms with Crippen molar-refractivity contribution in [2.24, 2.45) is 0 Å². The quantitative estimate of drug-likeness (QED) is 0.770. The van der Waals surface area contributed by atoms with Gasteiger partial charge in [-0.25, -0.2) is 4.98 Å². The van der Waals surface area contributed by atoms with E-state index in [1.54, 1.807) is 30.7 Å². The van der Waals surface area contributed by atoms with E-state index in [-0.39, 0.29) is 11.9 Å². The Morgan fingerprint density at radius 3 is 2.65 bits per heavy atom. The van der Waals surface area contributed by atoms with Crippen LogP contribution in [0.25, 0.3) is 11.0 Å². The van der Waals surface area contributed by atoms with Crippen molar-refractivity contribution in [1.82, 2.24) is 20.3 Å². The zero-order valence-electron chi connectivity index (χ0n) is 14.1. The third kappa shape index (κ3) is 3.60. The summed E-state index contributed by atoms with van der Waals surface area (Å²) < 4.78 is 0. The maximum atomic E-state index is 12.3. The minimum Gasteiger partial charge on any atom is -0.355 e. The van der Waals surface area contributed by atoms with Crippen LogP contribution >= 0.6 is 11.6 Å². The Morgan fingerprint density at radius 1 is 1.12 bits per heavy atom. The summed E-state index contributed by atoms with van der Waals surface area (Å²) in [6.07, 6.45) is 6.79. The number of halogens is 1. The number of anilines is 1. The summed E-state index contributed by atoms with van der Waals surface area (Å²) in [6.45, 7) is 1.66. The highest BCUT2D eigenvalue weighted by Gasteiger charge is 2.22. The highest BCUT2D eigenvalue weighted by atomic mass is 35.5. The Balaban J connectivity index is 1.39. The lowest BCUT2D eigenvalue weighted by Gasteiger charge is -2.33. The van der Waals surface area contributed by atoms with Crippen LogP contribution in [0.3, 0.4) is 0 Å². The first-order valence-corrected chi connectivity index (χ1v) is 8.95. The van der Waals surface area contributed by atoms with Crippen LogP contribution in [0.4, 0.5) is 5.82 Å². The van der Waals surface area contributed by atoms with Crippen molar-refractivity contribution in [3.8, 4) is 0 Å². The third-order valence-corrected chi connectivity index (χ3v) is 4.82. The molecule has 0 radical (unpaired) electrons. The number of aromatic nitrogens is 3. The largest absolute Gasteiger partial charge is 0.355 e. The molecule has 6 nitrogen and oxygen atoms in total. The number of piperidine rings is 1. The summed E-state index contributed by atoms with van der Waals surface area (Å²) in [6, 6.07) is 9.13. The van der Waals surface area contributed by atoms with E-state index >= 15 is 0 Å². The van der Waals surface area contributed by atoms with Crippen molar-refractivity contribution in [1.29, 1.82) is 0 Å². The van der Waals surface area contributed by atoms with Crippen LogP contribution in [0.2, 0.25) is 5.02 Å². The van der Waals surface area contributed by atoms with Crippen LogP contribution in [0.15, 0.2) is 48.9 Å². The molecule has 2 aromatic heterocycles. The van der Waals surface area contributed by atoms with Crippen molar-refractivity contribution in [2.75, 3.05) is 18.0 Å². The van der Waals surface area contributed by atoms with Crippen molar-refractivity contribution in [3.63, 3.8) is 0 Å². The number of nitrogens with zero attached hydrogens (tertiary/aromatic N) is 4. The van der Waals surface area contributed by atoms with Crippen LogP contribution < -0.4 is 10.2 Å².